The van der Waals surface area contributed by atoms with Crippen molar-refractivity contribution in [3.05, 3.63) is 82.7 Å². The molecule has 6 nitrogen and oxygen atoms in total. The molecule has 0 aliphatic carbocycles. The van der Waals surface area contributed by atoms with Crippen molar-refractivity contribution < 1.29 is 0 Å². The Morgan fingerprint density at radius 1 is 1.26 bits per heavy atom. The third kappa shape index (κ3) is 2.98. The summed E-state index contributed by atoms with van der Waals surface area (Å²) in [6, 6.07) is 12.0. The number of rotatable bonds is 3. The molecule has 2 aliphatic heterocycles. The highest BCUT2D eigenvalue weighted by molar-refractivity contribution is 6.34. The van der Waals surface area contributed by atoms with Gasteiger partial charge in [0.15, 0.2) is 0 Å². The molecule has 0 fully saturated rings. The number of hydrazine groups is 1. The zero-order valence-electron chi connectivity index (χ0n) is 17.2. The predicted molar refractivity (Wildman–Crippen MR) is 124 cm³/mol. The minimum Gasteiger partial charge on any atom is -0.311 e. The van der Waals surface area contributed by atoms with Gasteiger partial charge < -0.3 is 5.73 Å². The molecule has 0 saturated heterocycles. The second-order valence-corrected chi connectivity index (χ2v) is 7.94. The number of hydrogen-bond donors (Lipinski definition) is 1. The number of nitrogens with two attached hydrogens (primary N) is 1. The van der Waals surface area contributed by atoms with Crippen LogP contribution >= 0.6 is 11.6 Å². The third-order valence-electron chi connectivity index (χ3n) is 5.71. The third-order valence-corrected chi connectivity index (χ3v) is 6.00. The molecular formula is C24H21ClN6. The van der Waals surface area contributed by atoms with Crippen LogP contribution in [0.25, 0.3) is 16.8 Å². The Morgan fingerprint density at radius 3 is 2.77 bits per heavy atom. The maximum absolute atomic E-state index is 6.77. The van der Waals surface area contributed by atoms with Crippen LogP contribution in [0.3, 0.4) is 0 Å². The first-order chi connectivity index (χ1) is 15.0. The Balaban J connectivity index is 1.76. The summed E-state index contributed by atoms with van der Waals surface area (Å²) in [7, 11) is 0. The molecule has 2 unspecified atom stereocenters. The molecule has 154 valence electrons. The van der Waals surface area contributed by atoms with Gasteiger partial charge in [-0.2, -0.15) is 5.01 Å². The fourth-order valence-electron chi connectivity index (χ4n) is 4.39. The molecule has 3 aromatic rings. The highest BCUT2D eigenvalue weighted by atomic mass is 35.5. The minimum atomic E-state index is -0.326. The molecular weight excluding hydrogens is 408 g/mol. The largest absolute Gasteiger partial charge is 0.311 e. The van der Waals surface area contributed by atoms with Gasteiger partial charge in [-0.1, -0.05) is 41.9 Å². The number of halogens is 1. The van der Waals surface area contributed by atoms with Gasteiger partial charge in [-0.15, -0.1) is 6.42 Å². The summed E-state index contributed by atoms with van der Waals surface area (Å²) in [4.78, 5) is 9.02. The Kier molecular flexibility index (Phi) is 4.67. The molecule has 4 heterocycles. The van der Waals surface area contributed by atoms with Gasteiger partial charge in [0.1, 0.15) is 22.9 Å². The van der Waals surface area contributed by atoms with Gasteiger partial charge in [0.2, 0.25) is 0 Å². The quantitative estimate of drug-likeness (QED) is 0.633. The molecule has 1 aromatic carbocycles. The first-order valence-corrected chi connectivity index (χ1v) is 10.4. The lowest BCUT2D eigenvalue weighted by Crippen LogP contribution is -2.45. The number of aliphatic imine (C=N–C) groups is 1. The van der Waals surface area contributed by atoms with E-state index in [-0.39, 0.29) is 12.2 Å². The van der Waals surface area contributed by atoms with E-state index in [2.05, 4.69) is 44.4 Å². The highest BCUT2D eigenvalue weighted by Crippen LogP contribution is 2.40. The molecule has 0 bridgehead atoms. The molecule has 0 amide bonds. The van der Waals surface area contributed by atoms with Crippen molar-refractivity contribution in [2.45, 2.75) is 26.1 Å². The van der Waals surface area contributed by atoms with Crippen LogP contribution in [-0.2, 0) is 0 Å². The maximum Gasteiger partial charge on any atom is 0.146 e. The number of aryl methyl sites for hydroxylation is 1. The Hall–Kier alpha value is -3.37. The van der Waals surface area contributed by atoms with Crippen LogP contribution in [0.1, 0.15) is 30.0 Å². The second-order valence-electron chi connectivity index (χ2n) is 7.53. The van der Waals surface area contributed by atoms with Crippen LogP contribution < -0.4 is 5.73 Å². The van der Waals surface area contributed by atoms with E-state index in [9.17, 15) is 0 Å². The van der Waals surface area contributed by atoms with E-state index in [1.807, 2.05) is 54.6 Å². The fraction of sp³-hybridized carbons (Fsp3) is 0.167. The number of nitrogens with zero attached hydrogens (tertiary/aromatic N) is 5. The van der Waals surface area contributed by atoms with Crippen LogP contribution in [-0.4, -0.2) is 31.8 Å². The molecule has 0 radical (unpaired) electrons. The number of fused-ring (bicyclic) bond motifs is 2. The zero-order valence-corrected chi connectivity index (χ0v) is 18.0. The van der Waals surface area contributed by atoms with Crippen LogP contribution in [0.4, 0.5) is 0 Å². The topological polar surface area (TPSA) is 62.2 Å². The number of hydrogen-bond acceptors (Lipinski definition) is 5. The SMILES string of the molecule is C#Cc1nc(C)n2c(-c3ccccc3)c(C(C)N3C(N)C=C4N=CC=CN43)cc(Cl)c12. The normalized spacial score (nSPS) is 18.9. The number of imidazole rings is 1. The van der Waals surface area contributed by atoms with E-state index in [4.69, 9.17) is 23.8 Å². The van der Waals surface area contributed by atoms with Crippen LogP contribution in [0.2, 0.25) is 5.02 Å². The van der Waals surface area contributed by atoms with Crippen molar-refractivity contribution in [1.82, 2.24) is 19.4 Å². The van der Waals surface area contributed by atoms with E-state index in [1.165, 1.54) is 0 Å². The van der Waals surface area contributed by atoms with Crippen molar-refractivity contribution in [3.63, 3.8) is 0 Å². The van der Waals surface area contributed by atoms with Gasteiger partial charge in [0, 0.05) is 12.4 Å². The summed E-state index contributed by atoms with van der Waals surface area (Å²) in [6.07, 6.45) is 13.0. The summed E-state index contributed by atoms with van der Waals surface area (Å²) >= 11 is 6.77. The van der Waals surface area contributed by atoms with E-state index in [1.54, 1.807) is 6.21 Å². The highest BCUT2D eigenvalue weighted by Gasteiger charge is 2.35. The first kappa shape index (κ1) is 19.6. The maximum atomic E-state index is 6.77. The minimum absolute atomic E-state index is 0.116. The van der Waals surface area contributed by atoms with Crippen molar-refractivity contribution in [3.8, 4) is 23.6 Å². The first-order valence-electron chi connectivity index (χ1n) is 10.0. The Labute approximate surface area is 185 Å². The molecule has 2 aromatic heterocycles. The molecule has 0 spiro atoms. The summed E-state index contributed by atoms with van der Waals surface area (Å²) in [5.41, 5.74) is 10.8. The monoisotopic (exact) mass is 428 g/mol. The second kappa shape index (κ2) is 7.40. The lowest BCUT2D eigenvalue weighted by Gasteiger charge is -2.37. The zero-order chi connectivity index (χ0) is 21.7. The molecule has 2 aliphatic rings. The number of terminal acetylenes is 1. The van der Waals surface area contributed by atoms with E-state index in [0.717, 1.165) is 34.0 Å². The summed E-state index contributed by atoms with van der Waals surface area (Å²) in [5, 5.41) is 4.62. The summed E-state index contributed by atoms with van der Waals surface area (Å²) in [5.74, 6) is 4.26. The van der Waals surface area contributed by atoms with Gasteiger partial charge in [-0.3, -0.25) is 9.41 Å². The Morgan fingerprint density at radius 2 is 2.03 bits per heavy atom. The van der Waals surface area contributed by atoms with E-state index in [0.29, 0.717) is 10.7 Å². The van der Waals surface area contributed by atoms with Crippen LogP contribution in [0.5, 0.6) is 0 Å². The van der Waals surface area contributed by atoms with E-state index >= 15 is 0 Å². The van der Waals surface area contributed by atoms with Crippen molar-refractivity contribution in [1.29, 1.82) is 0 Å². The van der Waals surface area contributed by atoms with Gasteiger partial charge >= 0.3 is 0 Å². The Bertz CT molecular complexity index is 1310. The molecule has 5 rings (SSSR count). The number of benzene rings is 1. The smallest absolute Gasteiger partial charge is 0.146 e. The van der Waals surface area contributed by atoms with Crippen molar-refractivity contribution in [2.75, 3.05) is 0 Å². The van der Waals surface area contributed by atoms with Crippen molar-refractivity contribution >= 4 is 23.3 Å². The number of allylic oxidation sites excluding steroid dienone is 1. The summed E-state index contributed by atoms with van der Waals surface area (Å²) in [6.45, 7) is 4.05. The van der Waals surface area contributed by atoms with Gasteiger partial charge in [0.05, 0.1) is 22.9 Å². The van der Waals surface area contributed by atoms with Gasteiger partial charge in [-0.05, 0) is 49.1 Å². The molecule has 2 N–H and O–H groups in total. The van der Waals surface area contributed by atoms with Crippen molar-refractivity contribution in [2.24, 2.45) is 10.7 Å². The standard InChI is InChI=1S/C24H21ClN6/c1-4-20-24-19(25)13-18(15(2)31-21(26)14-22-27-11-8-12-29(22)31)23(30(24)16(3)28-20)17-9-6-5-7-10-17/h1,5-15,21H,26H2,2-3H3. The van der Waals surface area contributed by atoms with Crippen LogP contribution in [0, 0.1) is 19.3 Å². The fourth-order valence-corrected chi connectivity index (χ4v) is 4.68. The molecule has 7 heteroatoms. The van der Waals surface area contributed by atoms with Crippen LogP contribution in [0.15, 0.2) is 65.6 Å². The number of pyridine rings is 1. The average Bonchev–Trinajstić information content (AvgIpc) is 3.30. The molecule has 2 atom stereocenters. The molecule has 31 heavy (non-hydrogen) atoms. The van der Waals surface area contributed by atoms with Gasteiger partial charge in [0.25, 0.3) is 0 Å². The van der Waals surface area contributed by atoms with E-state index < -0.39 is 0 Å². The number of aromatic nitrogens is 2. The lowest BCUT2D eigenvalue weighted by molar-refractivity contribution is 0.00913. The molecule has 0 saturated carbocycles. The van der Waals surface area contributed by atoms with Gasteiger partial charge in [-0.25, -0.2) is 9.98 Å². The predicted octanol–water partition coefficient (Wildman–Crippen LogP) is 4.26. The lowest BCUT2D eigenvalue weighted by atomic mass is 9.99. The average molecular weight is 429 g/mol. The summed E-state index contributed by atoms with van der Waals surface area (Å²) < 4.78 is 2.05.